The fraction of sp³-hybridized carbons (Fsp3) is 0.455. The fourth-order valence-corrected chi connectivity index (χ4v) is 2.08. The Morgan fingerprint density at radius 2 is 2.21 bits per heavy atom. The Bertz CT molecular complexity index is 314. The van der Waals surface area contributed by atoms with Crippen molar-refractivity contribution in [3.05, 3.63) is 30.1 Å². The predicted molar refractivity (Wildman–Crippen MR) is 55.8 cm³/mol. The summed E-state index contributed by atoms with van der Waals surface area (Å²) in [6.45, 7) is 1.52. The molecule has 0 radical (unpaired) electrons. The highest BCUT2D eigenvalue weighted by Crippen LogP contribution is 2.26. The molecular weight excluding hydrogens is 179 g/mol. The molecule has 0 unspecified atom stereocenters. The van der Waals surface area contributed by atoms with Crippen molar-refractivity contribution < 1.29 is 4.39 Å². The number of rotatable bonds is 2. The standard InChI is InChI=1S/C11H15FN2/c12-10-5-1-2-6-11(10)14-7-3-4-9(14)8-13/h1-2,5-6,9H,3-4,7-8,13H2/t9-/m0/s1. The summed E-state index contributed by atoms with van der Waals surface area (Å²) in [4.78, 5) is 2.08. The van der Waals surface area contributed by atoms with E-state index in [9.17, 15) is 4.39 Å². The summed E-state index contributed by atoms with van der Waals surface area (Å²) in [7, 11) is 0. The van der Waals surface area contributed by atoms with E-state index in [2.05, 4.69) is 4.90 Å². The minimum atomic E-state index is -0.146. The van der Waals surface area contributed by atoms with Gasteiger partial charge in [0, 0.05) is 19.1 Å². The van der Waals surface area contributed by atoms with Crippen LogP contribution in [0.25, 0.3) is 0 Å². The van der Waals surface area contributed by atoms with Crippen LogP contribution in [0.3, 0.4) is 0 Å². The third-order valence-corrected chi connectivity index (χ3v) is 2.81. The smallest absolute Gasteiger partial charge is 0.146 e. The average Bonchev–Trinajstić information content (AvgIpc) is 2.66. The first-order valence-electron chi connectivity index (χ1n) is 5.04. The molecule has 1 fully saturated rings. The van der Waals surface area contributed by atoms with Crippen molar-refractivity contribution in [2.24, 2.45) is 5.73 Å². The summed E-state index contributed by atoms with van der Waals surface area (Å²) in [5.74, 6) is -0.146. The van der Waals surface area contributed by atoms with Crippen LogP contribution in [0.1, 0.15) is 12.8 Å². The van der Waals surface area contributed by atoms with Gasteiger partial charge in [0.15, 0.2) is 0 Å². The number of anilines is 1. The minimum Gasteiger partial charge on any atom is -0.365 e. The first kappa shape index (κ1) is 9.46. The Hall–Kier alpha value is -1.09. The first-order chi connectivity index (χ1) is 6.83. The second-order valence-electron chi connectivity index (χ2n) is 3.68. The quantitative estimate of drug-likeness (QED) is 0.777. The predicted octanol–water partition coefficient (Wildman–Crippen LogP) is 1.75. The van der Waals surface area contributed by atoms with Crippen molar-refractivity contribution in [2.45, 2.75) is 18.9 Å². The van der Waals surface area contributed by atoms with Gasteiger partial charge in [0.1, 0.15) is 5.82 Å². The van der Waals surface area contributed by atoms with Crippen LogP contribution in [-0.4, -0.2) is 19.1 Å². The molecule has 2 nitrogen and oxygen atoms in total. The minimum absolute atomic E-state index is 0.146. The van der Waals surface area contributed by atoms with E-state index in [0.29, 0.717) is 18.3 Å². The fourth-order valence-electron chi connectivity index (χ4n) is 2.08. The molecule has 0 aromatic heterocycles. The van der Waals surface area contributed by atoms with Gasteiger partial charge in [-0.3, -0.25) is 0 Å². The van der Waals surface area contributed by atoms with Crippen molar-refractivity contribution in [1.29, 1.82) is 0 Å². The number of benzene rings is 1. The van der Waals surface area contributed by atoms with Crippen LogP contribution in [0.4, 0.5) is 10.1 Å². The van der Waals surface area contributed by atoms with Gasteiger partial charge < -0.3 is 10.6 Å². The monoisotopic (exact) mass is 194 g/mol. The summed E-state index contributed by atoms with van der Waals surface area (Å²) < 4.78 is 13.5. The molecule has 1 aliphatic rings. The van der Waals surface area contributed by atoms with Crippen molar-refractivity contribution in [3.63, 3.8) is 0 Å². The van der Waals surface area contributed by atoms with Crippen molar-refractivity contribution in [1.82, 2.24) is 0 Å². The Labute approximate surface area is 83.5 Å². The van der Waals surface area contributed by atoms with Crippen LogP contribution in [-0.2, 0) is 0 Å². The Morgan fingerprint density at radius 1 is 1.43 bits per heavy atom. The van der Waals surface area contributed by atoms with E-state index >= 15 is 0 Å². The Balaban J connectivity index is 2.26. The zero-order valence-corrected chi connectivity index (χ0v) is 8.12. The maximum atomic E-state index is 13.5. The second-order valence-corrected chi connectivity index (χ2v) is 3.68. The maximum Gasteiger partial charge on any atom is 0.146 e. The number of hydrogen-bond acceptors (Lipinski definition) is 2. The van der Waals surface area contributed by atoms with Gasteiger partial charge in [-0.1, -0.05) is 12.1 Å². The second kappa shape index (κ2) is 3.96. The molecule has 0 aliphatic carbocycles. The normalized spacial score (nSPS) is 21.6. The number of hydrogen-bond donors (Lipinski definition) is 1. The lowest BCUT2D eigenvalue weighted by Gasteiger charge is -2.25. The van der Waals surface area contributed by atoms with Crippen molar-refractivity contribution in [3.8, 4) is 0 Å². The molecule has 1 atom stereocenters. The maximum absolute atomic E-state index is 13.5. The van der Waals surface area contributed by atoms with E-state index in [1.165, 1.54) is 6.07 Å². The molecule has 1 aromatic rings. The zero-order chi connectivity index (χ0) is 9.97. The Kier molecular flexibility index (Phi) is 2.68. The summed E-state index contributed by atoms with van der Waals surface area (Å²) in [5, 5.41) is 0. The summed E-state index contributed by atoms with van der Waals surface area (Å²) in [5.41, 5.74) is 6.34. The lowest BCUT2D eigenvalue weighted by atomic mass is 10.2. The third kappa shape index (κ3) is 1.60. The molecule has 14 heavy (non-hydrogen) atoms. The zero-order valence-electron chi connectivity index (χ0n) is 8.12. The largest absolute Gasteiger partial charge is 0.365 e. The lowest BCUT2D eigenvalue weighted by molar-refractivity contribution is 0.606. The van der Waals surface area contributed by atoms with E-state index in [-0.39, 0.29) is 5.82 Å². The van der Waals surface area contributed by atoms with Gasteiger partial charge in [0.05, 0.1) is 5.69 Å². The molecule has 0 amide bonds. The molecule has 1 heterocycles. The molecule has 0 bridgehead atoms. The van der Waals surface area contributed by atoms with E-state index in [1.807, 2.05) is 12.1 Å². The lowest BCUT2D eigenvalue weighted by Crippen LogP contribution is -2.35. The van der Waals surface area contributed by atoms with E-state index < -0.39 is 0 Å². The van der Waals surface area contributed by atoms with Crippen molar-refractivity contribution in [2.75, 3.05) is 18.0 Å². The molecule has 2 N–H and O–H groups in total. The van der Waals surface area contributed by atoms with Gasteiger partial charge >= 0.3 is 0 Å². The van der Waals surface area contributed by atoms with E-state index in [1.54, 1.807) is 6.07 Å². The molecule has 2 rings (SSSR count). The van der Waals surface area contributed by atoms with Gasteiger partial charge in [-0.25, -0.2) is 4.39 Å². The summed E-state index contributed by atoms with van der Waals surface area (Å²) >= 11 is 0. The molecule has 0 spiro atoms. The Morgan fingerprint density at radius 3 is 2.93 bits per heavy atom. The van der Waals surface area contributed by atoms with E-state index in [0.717, 1.165) is 19.4 Å². The van der Waals surface area contributed by atoms with Crippen molar-refractivity contribution >= 4 is 5.69 Å². The number of nitrogens with two attached hydrogens (primary N) is 1. The van der Waals surface area contributed by atoms with Crippen LogP contribution >= 0.6 is 0 Å². The topological polar surface area (TPSA) is 29.3 Å². The molecule has 1 saturated heterocycles. The average molecular weight is 194 g/mol. The van der Waals surface area contributed by atoms with Crippen LogP contribution in [0.2, 0.25) is 0 Å². The van der Waals surface area contributed by atoms with Crippen LogP contribution < -0.4 is 10.6 Å². The van der Waals surface area contributed by atoms with Gasteiger partial charge in [0.25, 0.3) is 0 Å². The molecular formula is C11H15FN2. The van der Waals surface area contributed by atoms with Gasteiger partial charge in [-0.2, -0.15) is 0 Å². The first-order valence-corrected chi connectivity index (χ1v) is 5.04. The highest BCUT2D eigenvalue weighted by atomic mass is 19.1. The van der Waals surface area contributed by atoms with Crippen LogP contribution in [0.5, 0.6) is 0 Å². The molecule has 3 heteroatoms. The SMILES string of the molecule is NC[C@@H]1CCCN1c1ccccc1F. The van der Waals surface area contributed by atoms with Gasteiger partial charge in [-0.05, 0) is 25.0 Å². The third-order valence-electron chi connectivity index (χ3n) is 2.81. The number of nitrogens with zero attached hydrogens (tertiary/aromatic N) is 1. The van der Waals surface area contributed by atoms with Gasteiger partial charge in [0.2, 0.25) is 0 Å². The molecule has 0 saturated carbocycles. The molecule has 1 aliphatic heterocycles. The summed E-state index contributed by atoms with van der Waals surface area (Å²) in [6.07, 6.45) is 2.18. The molecule has 76 valence electrons. The van der Waals surface area contributed by atoms with Crippen LogP contribution in [0.15, 0.2) is 24.3 Å². The highest BCUT2D eigenvalue weighted by Gasteiger charge is 2.24. The van der Waals surface area contributed by atoms with Gasteiger partial charge in [-0.15, -0.1) is 0 Å². The number of halogens is 1. The molecule has 1 aromatic carbocycles. The summed E-state index contributed by atoms with van der Waals surface area (Å²) in [6, 6.07) is 7.22. The van der Waals surface area contributed by atoms with E-state index in [4.69, 9.17) is 5.73 Å². The highest BCUT2D eigenvalue weighted by molar-refractivity contribution is 5.49. The number of para-hydroxylation sites is 1. The van der Waals surface area contributed by atoms with Crippen LogP contribution in [0, 0.1) is 5.82 Å².